The van der Waals surface area contributed by atoms with Gasteiger partial charge in [-0.25, -0.2) is 8.42 Å². The monoisotopic (exact) mass is 386 g/mol. The van der Waals surface area contributed by atoms with Gasteiger partial charge in [-0.3, -0.25) is 4.79 Å². The van der Waals surface area contributed by atoms with Crippen molar-refractivity contribution in [2.75, 3.05) is 13.1 Å². The molecule has 144 valence electrons. The molecule has 1 aromatic rings. The normalized spacial score (nSPS) is 17.8. The number of rotatable bonds is 7. The largest absolute Gasteiger partial charge is 0.322 e. The maximum absolute atomic E-state index is 12.9. The van der Waals surface area contributed by atoms with Crippen molar-refractivity contribution < 1.29 is 13.2 Å². The van der Waals surface area contributed by atoms with Crippen molar-refractivity contribution in [2.45, 2.75) is 25.2 Å². The van der Waals surface area contributed by atoms with Crippen molar-refractivity contribution in [2.24, 2.45) is 5.41 Å². The second-order valence-corrected chi connectivity index (χ2v) is 9.13. The van der Waals surface area contributed by atoms with Gasteiger partial charge in [-0.2, -0.15) is 4.31 Å². The predicted octanol–water partition coefficient (Wildman–Crippen LogP) is 3.65. The molecule has 0 saturated carbocycles. The van der Waals surface area contributed by atoms with Gasteiger partial charge in [-0.1, -0.05) is 51.3 Å². The van der Waals surface area contributed by atoms with Crippen LogP contribution in [0.4, 0.5) is 0 Å². The molecule has 0 aromatic heterocycles. The molecule has 0 radical (unpaired) electrons. The van der Waals surface area contributed by atoms with Crippen LogP contribution in [0.1, 0.15) is 30.6 Å². The first-order valence-corrected chi connectivity index (χ1v) is 10.2. The molecule has 0 bridgehead atoms. The standard InChI is InChI=1S/C21H26N2O3S/c1-5-7-11-18(9-6-2)22-20(24)17-10-8-12-19(15-17)27(25,26)23-14-13-21(3,4)16-23/h5-12,15H,1-2,13-14,16H2,3-4H3,(H,22,24)/b11-7-,18-9+. The van der Waals surface area contributed by atoms with Crippen molar-refractivity contribution in [3.8, 4) is 0 Å². The third-order valence-corrected chi connectivity index (χ3v) is 6.18. The highest BCUT2D eigenvalue weighted by Crippen LogP contribution is 2.32. The van der Waals surface area contributed by atoms with Gasteiger partial charge in [0.05, 0.1) is 4.90 Å². The summed E-state index contributed by atoms with van der Waals surface area (Å²) in [5, 5.41) is 2.74. The molecule has 0 aliphatic carbocycles. The van der Waals surface area contributed by atoms with E-state index >= 15 is 0 Å². The Morgan fingerprint density at radius 1 is 1.26 bits per heavy atom. The second kappa shape index (κ2) is 8.50. The summed E-state index contributed by atoms with van der Waals surface area (Å²) in [6.45, 7) is 12.3. The van der Waals surface area contributed by atoms with E-state index in [0.717, 1.165) is 6.42 Å². The Labute approximate surface area is 161 Å². The van der Waals surface area contributed by atoms with Crippen LogP contribution >= 0.6 is 0 Å². The quantitative estimate of drug-likeness (QED) is 0.728. The van der Waals surface area contributed by atoms with Crippen molar-refractivity contribution >= 4 is 15.9 Å². The van der Waals surface area contributed by atoms with E-state index in [1.165, 1.54) is 16.4 Å². The zero-order valence-corrected chi connectivity index (χ0v) is 16.6. The molecule has 1 heterocycles. The average molecular weight is 387 g/mol. The highest BCUT2D eigenvalue weighted by atomic mass is 32.2. The highest BCUT2D eigenvalue weighted by Gasteiger charge is 2.36. The summed E-state index contributed by atoms with van der Waals surface area (Å²) >= 11 is 0. The molecular formula is C21H26N2O3S. The average Bonchev–Trinajstić information content (AvgIpc) is 3.00. The number of nitrogens with zero attached hydrogens (tertiary/aromatic N) is 1. The van der Waals surface area contributed by atoms with Gasteiger partial charge in [-0.05, 0) is 42.2 Å². The highest BCUT2D eigenvalue weighted by molar-refractivity contribution is 7.89. The van der Waals surface area contributed by atoms with Gasteiger partial charge < -0.3 is 5.32 Å². The van der Waals surface area contributed by atoms with Crippen LogP contribution in [0.2, 0.25) is 0 Å². The fourth-order valence-corrected chi connectivity index (χ4v) is 4.53. The van der Waals surface area contributed by atoms with Crippen molar-refractivity contribution in [3.05, 3.63) is 79.1 Å². The molecule has 27 heavy (non-hydrogen) atoms. The Balaban J connectivity index is 2.25. The van der Waals surface area contributed by atoms with Crippen molar-refractivity contribution in [1.82, 2.24) is 9.62 Å². The SMILES string of the molecule is C=C/C=C\C(=C/C=C)NC(=O)c1cccc(S(=O)(=O)N2CCC(C)(C)C2)c1. The summed E-state index contributed by atoms with van der Waals surface area (Å²) in [4.78, 5) is 12.7. The number of carbonyl (C=O) groups is 1. The van der Waals surface area contributed by atoms with E-state index < -0.39 is 15.9 Å². The van der Waals surface area contributed by atoms with Crippen LogP contribution in [-0.4, -0.2) is 31.7 Å². The fourth-order valence-electron chi connectivity index (χ4n) is 2.86. The van der Waals surface area contributed by atoms with Crippen LogP contribution in [0.25, 0.3) is 0 Å². The van der Waals surface area contributed by atoms with Gasteiger partial charge in [0.15, 0.2) is 0 Å². The lowest BCUT2D eigenvalue weighted by Crippen LogP contribution is -2.30. The van der Waals surface area contributed by atoms with Crippen LogP contribution < -0.4 is 5.32 Å². The lowest BCUT2D eigenvalue weighted by atomic mass is 9.93. The van der Waals surface area contributed by atoms with Crippen LogP contribution in [0.15, 0.2) is 78.4 Å². The molecule has 1 aliphatic rings. The van der Waals surface area contributed by atoms with Gasteiger partial charge in [0, 0.05) is 24.4 Å². The van der Waals surface area contributed by atoms with Crippen LogP contribution in [-0.2, 0) is 10.0 Å². The van der Waals surface area contributed by atoms with Crippen LogP contribution in [0.5, 0.6) is 0 Å². The summed E-state index contributed by atoms with van der Waals surface area (Å²) < 4.78 is 27.3. The molecule has 1 N–H and O–H groups in total. The molecule has 1 saturated heterocycles. The Morgan fingerprint density at radius 2 is 2.00 bits per heavy atom. The summed E-state index contributed by atoms with van der Waals surface area (Å²) in [7, 11) is -3.62. The lowest BCUT2D eigenvalue weighted by Gasteiger charge is -2.20. The summed E-state index contributed by atoms with van der Waals surface area (Å²) in [6, 6.07) is 6.11. The molecule has 1 aromatic carbocycles. The van der Waals surface area contributed by atoms with Crippen LogP contribution in [0, 0.1) is 5.41 Å². The number of hydrogen-bond donors (Lipinski definition) is 1. The topological polar surface area (TPSA) is 66.5 Å². The number of sulfonamides is 1. The Bertz CT molecular complexity index is 896. The lowest BCUT2D eigenvalue weighted by molar-refractivity contribution is 0.0967. The van der Waals surface area contributed by atoms with E-state index in [1.54, 1.807) is 42.5 Å². The fraction of sp³-hybridized carbons (Fsp3) is 0.286. The minimum absolute atomic E-state index is 0.0378. The molecule has 6 heteroatoms. The molecule has 1 amide bonds. The first-order chi connectivity index (χ1) is 12.7. The van der Waals surface area contributed by atoms with Gasteiger partial charge >= 0.3 is 0 Å². The molecule has 0 atom stereocenters. The second-order valence-electron chi connectivity index (χ2n) is 7.19. The van der Waals surface area contributed by atoms with E-state index in [-0.39, 0.29) is 15.9 Å². The van der Waals surface area contributed by atoms with E-state index in [1.807, 2.05) is 0 Å². The zero-order chi connectivity index (χ0) is 20.1. The van der Waals surface area contributed by atoms with Gasteiger partial charge in [0.25, 0.3) is 5.91 Å². The van der Waals surface area contributed by atoms with Gasteiger partial charge in [-0.15, -0.1) is 0 Å². The first kappa shape index (κ1) is 20.9. The van der Waals surface area contributed by atoms with E-state index in [0.29, 0.717) is 18.8 Å². The number of amides is 1. The third kappa shape index (κ3) is 5.28. The molecule has 0 unspecified atom stereocenters. The molecule has 2 rings (SSSR count). The zero-order valence-electron chi connectivity index (χ0n) is 15.8. The summed E-state index contributed by atoms with van der Waals surface area (Å²) in [5.74, 6) is -0.393. The first-order valence-electron chi connectivity index (χ1n) is 8.73. The Hall–Kier alpha value is -2.44. The molecule has 1 aliphatic heterocycles. The Morgan fingerprint density at radius 3 is 2.59 bits per heavy atom. The summed E-state index contributed by atoms with van der Waals surface area (Å²) in [6.07, 6.45) is 8.97. The van der Waals surface area contributed by atoms with Gasteiger partial charge in [0.1, 0.15) is 0 Å². The number of benzene rings is 1. The van der Waals surface area contributed by atoms with Gasteiger partial charge in [0.2, 0.25) is 10.0 Å². The summed E-state index contributed by atoms with van der Waals surface area (Å²) in [5.41, 5.74) is 0.769. The van der Waals surface area contributed by atoms with E-state index in [2.05, 4.69) is 32.3 Å². The third-order valence-electron chi connectivity index (χ3n) is 4.34. The predicted molar refractivity (Wildman–Crippen MR) is 109 cm³/mol. The minimum Gasteiger partial charge on any atom is -0.322 e. The Kier molecular flexibility index (Phi) is 6.57. The van der Waals surface area contributed by atoms with E-state index in [9.17, 15) is 13.2 Å². The number of nitrogens with one attached hydrogen (secondary N) is 1. The number of carbonyl (C=O) groups excluding carboxylic acids is 1. The molecule has 1 fully saturated rings. The smallest absolute Gasteiger partial charge is 0.255 e. The number of hydrogen-bond acceptors (Lipinski definition) is 3. The minimum atomic E-state index is -3.62. The van der Waals surface area contributed by atoms with Crippen molar-refractivity contribution in [1.29, 1.82) is 0 Å². The maximum Gasteiger partial charge on any atom is 0.255 e. The van der Waals surface area contributed by atoms with Crippen LogP contribution in [0.3, 0.4) is 0 Å². The molecule has 0 spiro atoms. The molecule has 5 nitrogen and oxygen atoms in total. The van der Waals surface area contributed by atoms with E-state index in [4.69, 9.17) is 0 Å². The number of allylic oxidation sites excluding steroid dienone is 5. The molecular weight excluding hydrogens is 360 g/mol. The maximum atomic E-state index is 12.9. The van der Waals surface area contributed by atoms with Crippen molar-refractivity contribution in [3.63, 3.8) is 0 Å².